The third-order valence-electron chi connectivity index (χ3n) is 5.24. The predicted molar refractivity (Wildman–Crippen MR) is 134 cm³/mol. The maximum atomic E-state index is 12.5. The van der Waals surface area contributed by atoms with Crippen molar-refractivity contribution in [2.75, 3.05) is 17.2 Å². The van der Waals surface area contributed by atoms with E-state index in [-0.39, 0.29) is 23.3 Å². The van der Waals surface area contributed by atoms with Gasteiger partial charge in [0.2, 0.25) is 0 Å². The summed E-state index contributed by atoms with van der Waals surface area (Å²) in [7, 11) is 0. The molecule has 0 atom stereocenters. The maximum Gasteiger partial charge on any atom is 0.262 e. The molecule has 0 unspecified atom stereocenters. The highest BCUT2D eigenvalue weighted by Crippen LogP contribution is 2.35. The Kier molecular flexibility index (Phi) is 6.93. The van der Waals surface area contributed by atoms with Gasteiger partial charge in [-0.3, -0.25) is 4.79 Å². The van der Waals surface area contributed by atoms with E-state index in [1.807, 2.05) is 60.7 Å². The average Bonchev–Trinajstić information content (AvgIpc) is 2.73. The highest BCUT2D eigenvalue weighted by Gasteiger charge is 2.23. The van der Waals surface area contributed by atoms with E-state index in [2.05, 4.69) is 64.3 Å². The summed E-state index contributed by atoms with van der Waals surface area (Å²) >= 11 is 0. The Balaban J connectivity index is 1.62. The SMILES string of the molecule is CC(C)(C)c1ccc(OCC(=O)Nc2ccc(Nc3ccccc3)cc2)c(C(C)(C)C)c1. The van der Waals surface area contributed by atoms with Crippen molar-refractivity contribution in [2.24, 2.45) is 0 Å². The molecule has 0 saturated carbocycles. The van der Waals surface area contributed by atoms with Crippen LogP contribution in [0.4, 0.5) is 17.1 Å². The number of ether oxygens (including phenoxy) is 1. The van der Waals surface area contributed by atoms with Crippen LogP contribution in [0.25, 0.3) is 0 Å². The van der Waals surface area contributed by atoms with Crippen molar-refractivity contribution >= 4 is 23.0 Å². The molecule has 0 saturated heterocycles. The second kappa shape index (κ2) is 9.47. The lowest BCUT2D eigenvalue weighted by atomic mass is 9.80. The fourth-order valence-electron chi connectivity index (χ4n) is 3.37. The third kappa shape index (κ3) is 6.36. The van der Waals surface area contributed by atoms with Gasteiger partial charge < -0.3 is 15.4 Å². The number of amides is 1. The van der Waals surface area contributed by atoms with E-state index in [1.165, 1.54) is 5.56 Å². The topological polar surface area (TPSA) is 50.4 Å². The van der Waals surface area contributed by atoms with E-state index in [4.69, 9.17) is 4.74 Å². The van der Waals surface area contributed by atoms with Gasteiger partial charge in [0.05, 0.1) is 0 Å². The second-order valence-electron chi connectivity index (χ2n) is 10.1. The van der Waals surface area contributed by atoms with Gasteiger partial charge in [-0.2, -0.15) is 0 Å². The number of hydrogen-bond donors (Lipinski definition) is 2. The van der Waals surface area contributed by atoms with Gasteiger partial charge in [0.25, 0.3) is 5.91 Å². The summed E-state index contributed by atoms with van der Waals surface area (Å²) in [4.78, 5) is 12.5. The number of rotatable bonds is 6. The summed E-state index contributed by atoms with van der Waals surface area (Å²) in [5, 5.41) is 6.23. The summed E-state index contributed by atoms with van der Waals surface area (Å²) in [6.45, 7) is 13.0. The van der Waals surface area contributed by atoms with Crippen molar-refractivity contribution in [2.45, 2.75) is 52.4 Å². The van der Waals surface area contributed by atoms with Gasteiger partial charge >= 0.3 is 0 Å². The molecule has 3 rings (SSSR count). The van der Waals surface area contributed by atoms with Crippen LogP contribution in [-0.4, -0.2) is 12.5 Å². The van der Waals surface area contributed by atoms with Crippen LogP contribution in [0, 0.1) is 0 Å². The van der Waals surface area contributed by atoms with Crippen LogP contribution >= 0.6 is 0 Å². The Bertz CT molecular complexity index is 1040. The Morgan fingerprint density at radius 2 is 1.34 bits per heavy atom. The Morgan fingerprint density at radius 1 is 0.750 bits per heavy atom. The minimum atomic E-state index is -0.187. The van der Waals surface area contributed by atoms with Crippen molar-refractivity contribution in [3.05, 3.63) is 83.9 Å². The zero-order valence-electron chi connectivity index (χ0n) is 20.0. The van der Waals surface area contributed by atoms with E-state index in [0.717, 1.165) is 28.4 Å². The highest BCUT2D eigenvalue weighted by atomic mass is 16.5. The van der Waals surface area contributed by atoms with Crippen LogP contribution in [0.5, 0.6) is 5.75 Å². The lowest BCUT2D eigenvalue weighted by molar-refractivity contribution is -0.118. The molecule has 0 aliphatic rings. The Hall–Kier alpha value is -3.27. The number of para-hydroxylation sites is 1. The van der Waals surface area contributed by atoms with Crippen molar-refractivity contribution in [1.29, 1.82) is 0 Å². The smallest absolute Gasteiger partial charge is 0.262 e. The fourth-order valence-corrected chi connectivity index (χ4v) is 3.37. The summed E-state index contributed by atoms with van der Waals surface area (Å²) < 4.78 is 5.94. The molecule has 168 valence electrons. The van der Waals surface area contributed by atoms with Crippen molar-refractivity contribution in [1.82, 2.24) is 0 Å². The largest absolute Gasteiger partial charge is 0.483 e. The van der Waals surface area contributed by atoms with Crippen LogP contribution in [0.3, 0.4) is 0 Å². The molecule has 0 bridgehead atoms. The summed E-state index contributed by atoms with van der Waals surface area (Å²) in [5.74, 6) is 0.566. The Labute approximate surface area is 192 Å². The van der Waals surface area contributed by atoms with Gasteiger partial charge in [0.1, 0.15) is 5.75 Å². The zero-order chi connectivity index (χ0) is 23.4. The number of hydrogen-bond acceptors (Lipinski definition) is 3. The van der Waals surface area contributed by atoms with Crippen LogP contribution in [0.2, 0.25) is 0 Å². The lowest BCUT2D eigenvalue weighted by Crippen LogP contribution is -2.22. The molecule has 4 heteroatoms. The molecule has 0 aliphatic carbocycles. The van der Waals surface area contributed by atoms with Gasteiger partial charge in [0, 0.05) is 17.1 Å². The quantitative estimate of drug-likeness (QED) is 0.441. The number of carbonyl (C=O) groups excluding carboxylic acids is 1. The standard InChI is InChI=1S/C28H34N2O2/c1-27(2,3)20-12-17-25(24(18-20)28(4,5)6)32-19-26(31)30-23-15-13-22(14-16-23)29-21-10-8-7-9-11-21/h7-18,29H,19H2,1-6H3,(H,30,31). The van der Waals surface area contributed by atoms with E-state index in [1.54, 1.807) is 0 Å². The van der Waals surface area contributed by atoms with Gasteiger partial charge in [-0.15, -0.1) is 0 Å². The molecule has 1 amide bonds. The fraction of sp³-hybridized carbons (Fsp3) is 0.321. The molecule has 0 fully saturated rings. The summed E-state index contributed by atoms with van der Waals surface area (Å²) in [5.41, 5.74) is 5.03. The molecule has 4 nitrogen and oxygen atoms in total. The number of carbonyl (C=O) groups is 1. The first-order valence-corrected chi connectivity index (χ1v) is 11.0. The first-order valence-electron chi connectivity index (χ1n) is 11.0. The zero-order valence-corrected chi connectivity index (χ0v) is 20.0. The Morgan fingerprint density at radius 3 is 1.94 bits per heavy atom. The number of benzene rings is 3. The minimum Gasteiger partial charge on any atom is -0.483 e. The van der Waals surface area contributed by atoms with Gasteiger partial charge in [-0.1, -0.05) is 71.9 Å². The molecular weight excluding hydrogens is 396 g/mol. The highest BCUT2D eigenvalue weighted by molar-refractivity contribution is 5.92. The molecule has 2 N–H and O–H groups in total. The van der Waals surface area contributed by atoms with E-state index >= 15 is 0 Å². The van der Waals surface area contributed by atoms with E-state index in [0.29, 0.717) is 0 Å². The van der Waals surface area contributed by atoms with Crippen molar-refractivity contribution < 1.29 is 9.53 Å². The van der Waals surface area contributed by atoms with Gasteiger partial charge in [-0.25, -0.2) is 0 Å². The van der Waals surface area contributed by atoms with Gasteiger partial charge in [-0.05, 0) is 64.4 Å². The van der Waals surface area contributed by atoms with Crippen molar-refractivity contribution in [3.63, 3.8) is 0 Å². The average molecular weight is 431 g/mol. The minimum absolute atomic E-state index is 0.0397. The number of nitrogens with one attached hydrogen (secondary N) is 2. The molecule has 0 spiro atoms. The lowest BCUT2D eigenvalue weighted by Gasteiger charge is -2.27. The van der Waals surface area contributed by atoms with Crippen LogP contribution in [0.1, 0.15) is 52.7 Å². The molecule has 0 aliphatic heterocycles. The molecule has 0 radical (unpaired) electrons. The molecule has 32 heavy (non-hydrogen) atoms. The van der Waals surface area contributed by atoms with Crippen molar-refractivity contribution in [3.8, 4) is 5.75 Å². The predicted octanol–water partition coefficient (Wildman–Crippen LogP) is 7.04. The first-order chi connectivity index (χ1) is 15.0. The van der Waals surface area contributed by atoms with Crippen LogP contribution in [-0.2, 0) is 15.6 Å². The molecule has 0 aromatic heterocycles. The van der Waals surface area contributed by atoms with Gasteiger partial charge in [0.15, 0.2) is 6.61 Å². The molecule has 0 heterocycles. The van der Waals surface area contributed by atoms with E-state index in [9.17, 15) is 4.79 Å². The third-order valence-corrected chi connectivity index (χ3v) is 5.24. The number of anilines is 3. The molecule has 3 aromatic rings. The normalized spacial score (nSPS) is 11.7. The van der Waals surface area contributed by atoms with Crippen LogP contribution < -0.4 is 15.4 Å². The second-order valence-corrected chi connectivity index (χ2v) is 10.1. The first kappa shape index (κ1) is 23.4. The summed E-state index contributed by atoms with van der Waals surface area (Å²) in [6, 6.07) is 23.9. The van der Waals surface area contributed by atoms with E-state index < -0.39 is 0 Å². The monoisotopic (exact) mass is 430 g/mol. The summed E-state index contributed by atoms with van der Waals surface area (Å²) in [6.07, 6.45) is 0. The van der Waals surface area contributed by atoms with Crippen LogP contribution in [0.15, 0.2) is 72.8 Å². The molecule has 3 aromatic carbocycles. The molecular formula is C28H34N2O2. The maximum absolute atomic E-state index is 12.5.